The molecule has 252 valence electrons. The Hall–Kier alpha value is -1.98. The lowest BCUT2D eigenvalue weighted by Crippen LogP contribution is -2.70. The van der Waals surface area contributed by atoms with Crippen LogP contribution in [0.4, 0.5) is 0 Å². The van der Waals surface area contributed by atoms with Gasteiger partial charge < -0.3 is 14.9 Å². The quantitative estimate of drug-likeness (QED) is 0.0806. The minimum atomic E-state index is -3.96. The lowest BCUT2D eigenvalue weighted by Gasteiger charge is -2.49. The molecule has 46 heavy (non-hydrogen) atoms. The van der Waals surface area contributed by atoms with Crippen molar-refractivity contribution < 1.29 is 41.5 Å². The number of thioether (sulfide) groups is 3. The van der Waals surface area contributed by atoms with Crippen LogP contribution in [0.2, 0.25) is 10.0 Å². The van der Waals surface area contributed by atoms with E-state index in [0.29, 0.717) is 56.0 Å². The third-order valence-corrected chi connectivity index (χ3v) is 12.2. The fraction of sp³-hybridized carbons (Fsp3) is 0.448. The van der Waals surface area contributed by atoms with Crippen LogP contribution < -0.4 is 9.88 Å². The Morgan fingerprint density at radius 3 is 2.50 bits per heavy atom. The predicted molar refractivity (Wildman–Crippen MR) is 184 cm³/mol. The average Bonchev–Trinajstić information content (AvgIpc) is 2.97. The highest BCUT2D eigenvalue weighted by molar-refractivity contribution is 8.01. The number of amides is 2. The molecule has 1 aromatic carbocycles. The minimum Gasteiger partial charge on any atom is -0.477 e. The smallest absolute Gasteiger partial charge is 0.352 e. The van der Waals surface area contributed by atoms with Gasteiger partial charge in [0, 0.05) is 44.9 Å². The molecule has 0 saturated carbocycles. The fourth-order valence-electron chi connectivity index (χ4n) is 4.77. The molecule has 0 radical (unpaired) electrons. The van der Waals surface area contributed by atoms with Crippen molar-refractivity contribution in [2.75, 3.05) is 50.2 Å². The van der Waals surface area contributed by atoms with Crippen molar-refractivity contribution in [1.82, 2.24) is 10.2 Å². The maximum Gasteiger partial charge on any atom is 0.352 e. The first-order valence-corrected chi connectivity index (χ1v) is 19.2. The standard InChI is InChI=1S/C28H32Cl2N4O7S4.CH4/c1-34(2,11-3-13-45(39,40)41)12-10-32-8-6-20(7-9-32)42-15-18-16-44-27-24(26(36)33(27)25(18)28(37)38)31-23(35)17-43-22-14-19(29)4-5-21(22)30;/h4-9,14,24,27H,3,10-13,15-17H2,1-2H3,(H-2,31,35,37,38,39,40,41);1H4/p+2. The highest BCUT2D eigenvalue weighted by Crippen LogP contribution is 2.41. The summed E-state index contributed by atoms with van der Waals surface area (Å²) in [6.45, 7) is 2.08. The highest BCUT2D eigenvalue weighted by atomic mass is 35.5. The molecule has 17 heteroatoms. The van der Waals surface area contributed by atoms with E-state index in [0.717, 1.165) is 11.4 Å². The first-order valence-electron chi connectivity index (χ1n) is 13.8. The van der Waals surface area contributed by atoms with Gasteiger partial charge in [0.05, 0.1) is 37.2 Å². The number of halogens is 2. The van der Waals surface area contributed by atoms with E-state index in [4.69, 9.17) is 27.8 Å². The summed E-state index contributed by atoms with van der Waals surface area (Å²) >= 11 is 16.3. The molecule has 2 amide bonds. The Kier molecular flexibility index (Phi) is 13.7. The number of quaternary nitrogens is 1. The van der Waals surface area contributed by atoms with Crippen LogP contribution in [-0.2, 0) is 31.0 Å². The number of carbonyl (C=O) groups excluding carboxylic acids is 2. The van der Waals surface area contributed by atoms with Crippen molar-refractivity contribution in [3.05, 3.63) is 64.0 Å². The molecule has 1 aromatic heterocycles. The van der Waals surface area contributed by atoms with Crippen LogP contribution in [0.1, 0.15) is 13.8 Å². The van der Waals surface area contributed by atoms with Gasteiger partial charge in [-0.05, 0) is 23.8 Å². The van der Waals surface area contributed by atoms with Crippen molar-refractivity contribution in [2.45, 2.75) is 41.6 Å². The number of nitrogens with one attached hydrogen (secondary N) is 1. The Morgan fingerprint density at radius 1 is 1.15 bits per heavy atom. The second-order valence-electron chi connectivity index (χ2n) is 11.2. The summed E-state index contributed by atoms with van der Waals surface area (Å²) in [4.78, 5) is 40.7. The number of aliphatic carboxylic acids is 1. The molecular weight excluding hydrogens is 716 g/mol. The average molecular weight is 754 g/mol. The number of hydrogen-bond acceptors (Lipinski definition) is 8. The monoisotopic (exact) mass is 752 g/mol. The van der Waals surface area contributed by atoms with E-state index in [-0.39, 0.29) is 30.5 Å². The number of carboxylic acids is 1. The number of β-lactam (4-membered cyclic amide) rings is 1. The zero-order chi connectivity index (χ0) is 32.9. The molecular formula is C29H38Cl2N4O7S4+2. The van der Waals surface area contributed by atoms with Crippen LogP contribution in [-0.4, -0.2) is 107 Å². The molecule has 4 rings (SSSR count). The van der Waals surface area contributed by atoms with E-state index in [1.807, 2.05) is 43.2 Å². The summed E-state index contributed by atoms with van der Waals surface area (Å²) in [5, 5.41) is 13.2. The van der Waals surface area contributed by atoms with E-state index in [9.17, 15) is 27.9 Å². The number of rotatable bonds is 15. The molecule has 1 fully saturated rings. The van der Waals surface area contributed by atoms with E-state index in [1.165, 1.54) is 40.2 Å². The van der Waals surface area contributed by atoms with Crippen molar-refractivity contribution in [1.29, 1.82) is 0 Å². The van der Waals surface area contributed by atoms with Crippen molar-refractivity contribution >= 4 is 86.4 Å². The van der Waals surface area contributed by atoms with E-state index >= 15 is 0 Å². The first-order chi connectivity index (χ1) is 21.1. The summed E-state index contributed by atoms with van der Waals surface area (Å²) in [6, 6.07) is 8.03. The maximum atomic E-state index is 13.0. The number of aromatic nitrogens is 1. The number of hydrogen-bond donors (Lipinski definition) is 3. The number of benzene rings is 1. The maximum absolute atomic E-state index is 13.0. The summed E-state index contributed by atoms with van der Waals surface area (Å²) < 4.78 is 33.5. The van der Waals surface area contributed by atoms with Gasteiger partial charge in [-0.3, -0.25) is 19.0 Å². The molecule has 3 heterocycles. The lowest BCUT2D eigenvalue weighted by molar-refractivity contribution is -0.909. The number of likely N-dealkylation sites (N-methyl/N-ethyl adjacent to an activating group) is 1. The van der Waals surface area contributed by atoms with Crippen LogP contribution in [0.15, 0.2) is 63.8 Å². The highest BCUT2D eigenvalue weighted by Gasteiger charge is 2.54. The molecule has 2 aliphatic heterocycles. The van der Waals surface area contributed by atoms with E-state index in [2.05, 4.69) is 5.32 Å². The minimum absolute atomic E-state index is 0. The number of nitrogens with zero attached hydrogens (tertiary/aromatic N) is 3. The van der Waals surface area contributed by atoms with Gasteiger partial charge in [-0.15, -0.1) is 35.3 Å². The largest absolute Gasteiger partial charge is 0.477 e. The molecule has 2 aliphatic rings. The molecule has 2 atom stereocenters. The van der Waals surface area contributed by atoms with Gasteiger partial charge in [0.25, 0.3) is 16.0 Å². The summed E-state index contributed by atoms with van der Waals surface area (Å²) in [7, 11) is 0.0514. The zero-order valence-electron chi connectivity index (χ0n) is 24.5. The molecule has 11 nitrogen and oxygen atoms in total. The number of carbonyl (C=O) groups is 3. The molecule has 0 bridgehead atoms. The van der Waals surface area contributed by atoms with Crippen LogP contribution >= 0.6 is 58.5 Å². The third-order valence-electron chi connectivity index (χ3n) is 7.22. The molecule has 1 saturated heterocycles. The third kappa shape index (κ3) is 10.5. The molecule has 2 unspecified atom stereocenters. The Balaban J connectivity index is 0.00000576. The van der Waals surface area contributed by atoms with Crippen molar-refractivity contribution in [3.63, 3.8) is 0 Å². The normalized spacial score (nSPS) is 18.0. The summed E-state index contributed by atoms with van der Waals surface area (Å²) in [6.07, 6.45) is 4.24. The Labute approximate surface area is 292 Å². The second kappa shape index (κ2) is 16.4. The Morgan fingerprint density at radius 2 is 1.85 bits per heavy atom. The van der Waals surface area contributed by atoms with Gasteiger partial charge in [0.15, 0.2) is 18.9 Å². The van der Waals surface area contributed by atoms with Gasteiger partial charge in [-0.1, -0.05) is 30.6 Å². The number of pyridine rings is 1. The lowest BCUT2D eigenvalue weighted by atomic mass is 10.0. The van der Waals surface area contributed by atoms with Gasteiger partial charge in [-0.2, -0.15) is 13.0 Å². The molecule has 3 N–H and O–H groups in total. The second-order valence-corrected chi connectivity index (χ2v) is 16.7. The van der Waals surface area contributed by atoms with Crippen molar-refractivity contribution in [3.8, 4) is 0 Å². The van der Waals surface area contributed by atoms with Crippen LogP contribution in [0, 0.1) is 0 Å². The first kappa shape index (κ1) is 38.5. The van der Waals surface area contributed by atoms with Crippen molar-refractivity contribution in [2.24, 2.45) is 0 Å². The predicted octanol–water partition coefficient (Wildman–Crippen LogP) is 3.89. The summed E-state index contributed by atoms with van der Waals surface area (Å²) in [5.41, 5.74) is 0.612. The van der Waals surface area contributed by atoms with E-state index < -0.39 is 33.4 Å². The summed E-state index contributed by atoms with van der Waals surface area (Å²) in [5.74, 6) is -1.42. The number of carboxylic acid groups (broad SMARTS) is 1. The van der Waals surface area contributed by atoms with Gasteiger partial charge in [0.1, 0.15) is 23.7 Å². The molecule has 0 spiro atoms. The molecule has 0 aliphatic carbocycles. The SMILES string of the molecule is C.C[N+](C)(CCCS(=O)(=O)O)CC[n+]1ccc(SCC2=C(C(=O)O)N3C(=O)C(NC(=O)CSc4cc(Cl)ccc4Cl)C3SC2)cc1. The van der Waals surface area contributed by atoms with Crippen LogP contribution in [0.25, 0.3) is 0 Å². The van der Waals surface area contributed by atoms with Crippen LogP contribution in [0.3, 0.4) is 0 Å². The van der Waals surface area contributed by atoms with Gasteiger partial charge in [-0.25, -0.2) is 4.79 Å². The number of fused-ring (bicyclic) bond motifs is 1. The zero-order valence-corrected chi connectivity index (χ0v) is 29.3. The Bertz CT molecular complexity index is 1590. The van der Waals surface area contributed by atoms with Crippen LogP contribution in [0.5, 0.6) is 0 Å². The topological polar surface area (TPSA) is 145 Å². The van der Waals surface area contributed by atoms with E-state index in [1.54, 1.807) is 18.2 Å². The molecule has 2 aromatic rings. The van der Waals surface area contributed by atoms with Gasteiger partial charge in [0.2, 0.25) is 5.91 Å². The van der Waals surface area contributed by atoms with Gasteiger partial charge >= 0.3 is 5.97 Å². The fourth-order valence-corrected chi connectivity index (χ4v) is 8.94.